The van der Waals surface area contributed by atoms with Gasteiger partial charge in [0.1, 0.15) is 0 Å². The maximum Gasteiger partial charge on any atom is 0.241 e. The van der Waals surface area contributed by atoms with Crippen LogP contribution in [-0.2, 0) is 9.53 Å². The number of hydrogen-bond donors (Lipinski definition) is 1. The van der Waals surface area contributed by atoms with E-state index in [1.165, 1.54) is 12.8 Å². The topological polar surface area (TPSA) is 44.8 Å². The van der Waals surface area contributed by atoms with Crippen molar-refractivity contribution in [1.82, 2.24) is 9.80 Å². The monoisotopic (exact) mass is 317 g/mol. The standard InChI is InChI=1S/C18H27N3O2/c1-15(18(22)19-16-6-3-2-4-7-16)21-11-9-20(10-12-21)14-17-8-5-13-23-17/h2-4,6-7,15,17H,5,8-14H2,1H3,(H,19,22)/t15-,17-/m1/s1. The summed E-state index contributed by atoms with van der Waals surface area (Å²) in [5.74, 6) is 0.0729. The van der Waals surface area contributed by atoms with E-state index in [9.17, 15) is 4.79 Å². The van der Waals surface area contributed by atoms with Gasteiger partial charge in [0.15, 0.2) is 0 Å². The summed E-state index contributed by atoms with van der Waals surface area (Å²) in [6.45, 7) is 7.87. The second kappa shape index (κ2) is 7.90. The molecule has 1 N–H and O–H groups in total. The van der Waals surface area contributed by atoms with Crippen LogP contribution in [0.5, 0.6) is 0 Å². The fourth-order valence-electron chi connectivity index (χ4n) is 3.34. The molecule has 2 atom stereocenters. The third-order valence-electron chi connectivity index (χ3n) is 4.86. The highest BCUT2D eigenvalue weighted by Crippen LogP contribution is 2.15. The minimum atomic E-state index is -0.0971. The summed E-state index contributed by atoms with van der Waals surface area (Å²) in [6, 6.07) is 9.56. The Balaban J connectivity index is 1.44. The molecule has 2 aliphatic rings. The quantitative estimate of drug-likeness (QED) is 0.900. The fourth-order valence-corrected chi connectivity index (χ4v) is 3.34. The van der Waals surface area contributed by atoms with E-state index in [1.807, 2.05) is 37.3 Å². The molecule has 126 valence electrons. The summed E-state index contributed by atoms with van der Waals surface area (Å²) in [7, 11) is 0. The molecule has 5 nitrogen and oxygen atoms in total. The first-order chi connectivity index (χ1) is 11.2. The van der Waals surface area contributed by atoms with Gasteiger partial charge in [-0.3, -0.25) is 14.6 Å². The molecule has 1 aromatic rings. The fraction of sp³-hybridized carbons (Fsp3) is 0.611. The summed E-state index contributed by atoms with van der Waals surface area (Å²) >= 11 is 0. The average molecular weight is 317 g/mol. The van der Waals surface area contributed by atoms with Gasteiger partial charge in [-0.15, -0.1) is 0 Å². The van der Waals surface area contributed by atoms with Gasteiger partial charge in [0, 0.05) is 45.0 Å². The number of carbonyl (C=O) groups excluding carboxylic acids is 1. The summed E-state index contributed by atoms with van der Waals surface area (Å²) in [6.07, 6.45) is 2.80. The Bertz CT molecular complexity index is 494. The summed E-state index contributed by atoms with van der Waals surface area (Å²) < 4.78 is 5.72. The van der Waals surface area contributed by atoms with Crippen LogP contribution >= 0.6 is 0 Å². The molecule has 1 aromatic carbocycles. The lowest BCUT2D eigenvalue weighted by molar-refractivity contribution is -0.121. The number of nitrogens with zero attached hydrogens (tertiary/aromatic N) is 2. The molecule has 0 spiro atoms. The minimum absolute atomic E-state index is 0.0729. The maximum atomic E-state index is 12.4. The second-order valence-electron chi connectivity index (χ2n) is 6.50. The van der Waals surface area contributed by atoms with Crippen LogP contribution in [0.3, 0.4) is 0 Å². The third-order valence-corrected chi connectivity index (χ3v) is 4.86. The summed E-state index contributed by atoms with van der Waals surface area (Å²) in [5, 5.41) is 2.99. The van der Waals surface area contributed by atoms with Gasteiger partial charge in [0.05, 0.1) is 12.1 Å². The van der Waals surface area contributed by atoms with E-state index in [4.69, 9.17) is 4.74 Å². The number of rotatable bonds is 5. The van der Waals surface area contributed by atoms with E-state index in [2.05, 4.69) is 15.1 Å². The lowest BCUT2D eigenvalue weighted by Crippen LogP contribution is -2.53. The molecule has 1 amide bonds. The largest absolute Gasteiger partial charge is 0.377 e. The van der Waals surface area contributed by atoms with Gasteiger partial charge in [0.2, 0.25) is 5.91 Å². The predicted octanol–water partition coefficient (Wildman–Crippen LogP) is 1.81. The first kappa shape index (κ1) is 16.4. The van der Waals surface area contributed by atoms with Gasteiger partial charge in [-0.05, 0) is 31.9 Å². The normalized spacial score (nSPS) is 24.5. The summed E-state index contributed by atoms with van der Waals surface area (Å²) in [4.78, 5) is 17.1. The van der Waals surface area contributed by atoms with E-state index in [-0.39, 0.29) is 11.9 Å². The number of ether oxygens (including phenoxy) is 1. The van der Waals surface area contributed by atoms with Gasteiger partial charge < -0.3 is 10.1 Å². The Morgan fingerprint density at radius 1 is 1.26 bits per heavy atom. The van der Waals surface area contributed by atoms with Crippen molar-refractivity contribution in [2.75, 3.05) is 44.6 Å². The van der Waals surface area contributed by atoms with Crippen LogP contribution in [0.2, 0.25) is 0 Å². The van der Waals surface area contributed by atoms with Gasteiger partial charge in [-0.1, -0.05) is 18.2 Å². The van der Waals surface area contributed by atoms with E-state index < -0.39 is 0 Å². The Labute approximate surface area is 138 Å². The van der Waals surface area contributed by atoms with Crippen LogP contribution in [0.25, 0.3) is 0 Å². The van der Waals surface area contributed by atoms with Crippen LogP contribution in [-0.4, -0.2) is 67.2 Å². The highest BCUT2D eigenvalue weighted by Gasteiger charge is 2.27. The van der Waals surface area contributed by atoms with Crippen LogP contribution < -0.4 is 5.32 Å². The number of amides is 1. The zero-order valence-electron chi connectivity index (χ0n) is 13.9. The molecule has 0 radical (unpaired) electrons. The average Bonchev–Trinajstić information content (AvgIpc) is 3.09. The molecule has 2 aliphatic heterocycles. The van der Waals surface area contributed by atoms with Crippen LogP contribution in [0.15, 0.2) is 30.3 Å². The van der Waals surface area contributed by atoms with Crippen LogP contribution in [0.1, 0.15) is 19.8 Å². The van der Waals surface area contributed by atoms with Crippen molar-refractivity contribution in [2.24, 2.45) is 0 Å². The first-order valence-corrected chi connectivity index (χ1v) is 8.66. The Kier molecular flexibility index (Phi) is 5.65. The van der Waals surface area contributed by atoms with Crippen molar-refractivity contribution < 1.29 is 9.53 Å². The van der Waals surface area contributed by atoms with Gasteiger partial charge >= 0.3 is 0 Å². The van der Waals surface area contributed by atoms with Crippen molar-refractivity contribution >= 4 is 11.6 Å². The number of anilines is 1. The molecular weight excluding hydrogens is 290 g/mol. The highest BCUT2D eigenvalue weighted by molar-refractivity contribution is 5.94. The van der Waals surface area contributed by atoms with Crippen molar-refractivity contribution in [1.29, 1.82) is 0 Å². The van der Waals surface area contributed by atoms with Crippen molar-refractivity contribution in [3.63, 3.8) is 0 Å². The SMILES string of the molecule is C[C@H](C(=O)Nc1ccccc1)N1CCN(C[C@H]2CCCO2)CC1. The molecule has 0 saturated carbocycles. The maximum absolute atomic E-state index is 12.4. The van der Waals surface area contributed by atoms with E-state index in [0.29, 0.717) is 6.10 Å². The number of nitrogens with one attached hydrogen (secondary N) is 1. The first-order valence-electron chi connectivity index (χ1n) is 8.66. The molecule has 23 heavy (non-hydrogen) atoms. The zero-order valence-corrected chi connectivity index (χ0v) is 13.9. The number of piperazine rings is 1. The molecule has 0 aliphatic carbocycles. The van der Waals surface area contributed by atoms with E-state index in [1.54, 1.807) is 0 Å². The third kappa shape index (κ3) is 4.53. The molecule has 0 aromatic heterocycles. The number of para-hydroxylation sites is 1. The van der Waals surface area contributed by atoms with E-state index in [0.717, 1.165) is 45.0 Å². The number of benzene rings is 1. The number of hydrogen-bond acceptors (Lipinski definition) is 4. The van der Waals surface area contributed by atoms with Crippen molar-refractivity contribution in [3.05, 3.63) is 30.3 Å². The van der Waals surface area contributed by atoms with Gasteiger partial charge in [-0.25, -0.2) is 0 Å². The number of carbonyl (C=O) groups is 1. The molecule has 2 heterocycles. The molecule has 2 fully saturated rings. The molecule has 2 saturated heterocycles. The molecule has 3 rings (SSSR count). The minimum Gasteiger partial charge on any atom is -0.377 e. The Morgan fingerprint density at radius 3 is 2.65 bits per heavy atom. The zero-order chi connectivity index (χ0) is 16.1. The van der Waals surface area contributed by atoms with E-state index >= 15 is 0 Å². The Hall–Kier alpha value is -1.43. The summed E-state index contributed by atoms with van der Waals surface area (Å²) in [5.41, 5.74) is 0.862. The molecule has 0 unspecified atom stereocenters. The molecular formula is C18H27N3O2. The van der Waals surface area contributed by atoms with Gasteiger partial charge in [-0.2, -0.15) is 0 Å². The second-order valence-corrected chi connectivity index (χ2v) is 6.50. The highest BCUT2D eigenvalue weighted by atomic mass is 16.5. The van der Waals surface area contributed by atoms with Crippen LogP contribution in [0.4, 0.5) is 5.69 Å². The Morgan fingerprint density at radius 2 is 2.00 bits per heavy atom. The van der Waals surface area contributed by atoms with Gasteiger partial charge in [0.25, 0.3) is 0 Å². The van der Waals surface area contributed by atoms with Crippen molar-refractivity contribution in [2.45, 2.75) is 31.9 Å². The molecule has 0 bridgehead atoms. The lowest BCUT2D eigenvalue weighted by Gasteiger charge is -2.38. The smallest absolute Gasteiger partial charge is 0.241 e. The predicted molar refractivity (Wildman–Crippen MR) is 91.5 cm³/mol. The van der Waals surface area contributed by atoms with Crippen LogP contribution in [0, 0.1) is 0 Å². The van der Waals surface area contributed by atoms with Crippen molar-refractivity contribution in [3.8, 4) is 0 Å². The lowest BCUT2D eigenvalue weighted by atomic mass is 10.2. The molecule has 5 heteroatoms.